The van der Waals surface area contributed by atoms with Crippen LogP contribution in [0.25, 0.3) is 0 Å². The number of rotatable bonds is 3. The van der Waals surface area contributed by atoms with Crippen molar-refractivity contribution in [2.45, 2.75) is 50.7 Å². The molecule has 0 aromatic heterocycles. The van der Waals surface area contributed by atoms with Crippen LogP contribution >= 0.6 is 11.6 Å². The quantitative estimate of drug-likeness (QED) is 0.768. The Hall–Kier alpha value is -1.99. The number of halogens is 1. The Balaban J connectivity index is 1.40. The number of aliphatic imine (C=N–C) groups is 1. The van der Waals surface area contributed by atoms with Gasteiger partial charge in [0.2, 0.25) is 0 Å². The predicted octanol–water partition coefficient (Wildman–Crippen LogP) is 3.27. The number of nitrogens with one attached hydrogen (secondary N) is 1. The van der Waals surface area contributed by atoms with Crippen molar-refractivity contribution in [1.82, 2.24) is 15.1 Å². The number of hydrogen-bond acceptors (Lipinski definition) is 6. The highest BCUT2D eigenvalue weighted by atomic mass is 35.5. The summed E-state index contributed by atoms with van der Waals surface area (Å²) in [5.74, 6) is 0.923. The minimum absolute atomic E-state index is 0.0739. The number of amides is 1. The Morgan fingerprint density at radius 2 is 2.03 bits per heavy atom. The summed E-state index contributed by atoms with van der Waals surface area (Å²) < 4.78 is 11.2. The van der Waals surface area contributed by atoms with E-state index in [9.17, 15) is 4.79 Å². The fraction of sp³-hybridized carbons (Fsp3) is 0.652. The van der Waals surface area contributed by atoms with E-state index in [-0.39, 0.29) is 17.6 Å². The van der Waals surface area contributed by atoms with Gasteiger partial charge in [-0.3, -0.25) is 4.99 Å². The fourth-order valence-electron chi connectivity index (χ4n) is 4.67. The van der Waals surface area contributed by atoms with Crippen LogP contribution < -0.4 is 5.32 Å². The van der Waals surface area contributed by atoms with Crippen molar-refractivity contribution < 1.29 is 14.3 Å². The van der Waals surface area contributed by atoms with Gasteiger partial charge < -0.3 is 24.6 Å². The molecule has 3 heterocycles. The number of benzene rings is 1. The van der Waals surface area contributed by atoms with E-state index < -0.39 is 5.60 Å². The zero-order chi connectivity index (χ0) is 22.1. The molecule has 0 saturated carbocycles. The number of hydrogen-bond donors (Lipinski definition) is 1. The van der Waals surface area contributed by atoms with E-state index in [2.05, 4.69) is 22.3 Å². The highest BCUT2D eigenvalue weighted by Gasteiger charge is 2.39. The number of ether oxygens (including phenoxy) is 2. The van der Waals surface area contributed by atoms with Crippen LogP contribution in [0.3, 0.4) is 0 Å². The molecule has 8 heteroatoms. The molecule has 0 spiro atoms. The summed E-state index contributed by atoms with van der Waals surface area (Å²) in [4.78, 5) is 21.3. The van der Waals surface area contributed by atoms with Crippen LogP contribution in [0.1, 0.15) is 39.2 Å². The summed E-state index contributed by atoms with van der Waals surface area (Å²) >= 11 is 6.59. The first-order valence-corrected chi connectivity index (χ1v) is 11.5. The van der Waals surface area contributed by atoms with Crippen LogP contribution in [-0.4, -0.2) is 79.4 Å². The first kappa shape index (κ1) is 22.2. The number of carbonyl (C=O) groups is 1. The first-order chi connectivity index (χ1) is 14.8. The zero-order valence-corrected chi connectivity index (χ0v) is 19.5. The Bertz CT molecular complexity index is 832. The van der Waals surface area contributed by atoms with E-state index >= 15 is 0 Å². The number of piperazine rings is 1. The second-order valence-electron chi connectivity index (χ2n) is 9.66. The van der Waals surface area contributed by atoms with Gasteiger partial charge in [-0.05, 0) is 45.2 Å². The van der Waals surface area contributed by atoms with Gasteiger partial charge in [0.05, 0.1) is 12.6 Å². The van der Waals surface area contributed by atoms with Gasteiger partial charge in [0.1, 0.15) is 5.60 Å². The highest BCUT2D eigenvalue weighted by molar-refractivity contribution is 6.31. The fourth-order valence-corrected chi connectivity index (χ4v) is 5.00. The SMILES string of the molecule is CC(C)(C)OC(=O)N1CCN2C(NCC3(c4ccccc4Cl)CCOCC3)=NCC2C1. The Labute approximate surface area is 189 Å². The van der Waals surface area contributed by atoms with Crippen molar-refractivity contribution in [2.24, 2.45) is 4.99 Å². The smallest absolute Gasteiger partial charge is 0.410 e. The molecular weight excluding hydrogens is 416 g/mol. The summed E-state index contributed by atoms with van der Waals surface area (Å²) in [6.07, 6.45) is 1.60. The van der Waals surface area contributed by atoms with Gasteiger partial charge in [-0.2, -0.15) is 0 Å². The molecule has 170 valence electrons. The number of guanidine groups is 1. The maximum absolute atomic E-state index is 12.5. The monoisotopic (exact) mass is 448 g/mol. The molecule has 3 aliphatic rings. The topological polar surface area (TPSA) is 66.4 Å². The molecule has 7 nitrogen and oxygen atoms in total. The van der Waals surface area contributed by atoms with Gasteiger partial charge in [-0.25, -0.2) is 4.79 Å². The van der Waals surface area contributed by atoms with Crippen LogP contribution in [-0.2, 0) is 14.9 Å². The largest absolute Gasteiger partial charge is 0.444 e. The number of nitrogens with zero attached hydrogens (tertiary/aromatic N) is 3. The molecule has 0 bridgehead atoms. The predicted molar refractivity (Wildman–Crippen MR) is 122 cm³/mol. The standard InChI is InChI=1S/C23H33ClN4O3/c1-22(2,3)31-21(29)27-10-11-28-17(15-27)14-25-20(28)26-16-23(8-12-30-13-9-23)18-6-4-5-7-19(18)24/h4-7,17H,8-16H2,1-3H3,(H,25,26). The number of carbonyl (C=O) groups excluding carboxylic acids is 1. The zero-order valence-electron chi connectivity index (χ0n) is 18.7. The summed E-state index contributed by atoms with van der Waals surface area (Å²) in [6, 6.07) is 8.32. The normalized spacial score (nSPS) is 23.2. The van der Waals surface area contributed by atoms with Crippen molar-refractivity contribution in [3.63, 3.8) is 0 Å². The van der Waals surface area contributed by atoms with E-state index in [4.69, 9.17) is 26.1 Å². The third kappa shape index (κ3) is 4.93. The molecule has 2 fully saturated rings. The number of fused-ring (bicyclic) bond motifs is 1. The van der Waals surface area contributed by atoms with E-state index in [1.807, 2.05) is 32.9 Å². The minimum Gasteiger partial charge on any atom is -0.444 e. The average molecular weight is 449 g/mol. The lowest BCUT2D eigenvalue weighted by Gasteiger charge is -2.41. The van der Waals surface area contributed by atoms with E-state index in [0.29, 0.717) is 19.6 Å². The molecule has 0 radical (unpaired) electrons. The van der Waals surface area contributed by atoms with Crippen molar-refractivity contribution in [3.8, 4) is 0 Å². The minimum atomic E-state index is -0.482. The molecular formula is C23H33ClN4O3. The second kappa shape index (κ2) is 8.87. The van der Waals surface area contributed by atoms with Crippen molar-refractivity contribution in [3.05, 3.63) is 34.9 Å². The van der Waals surface area contributed by atoms with Crippen LogP contribution in [0, 0.1) is 0 Å². The molecule has 1 amide bonds. The third-order valence-electron chi connectivity index (χ3n) is 6.34. The molecule has 0 aliphatic carbocycles. The van der Waals surface area contributed by atoms with E-state index in [0.717, 1.165) is 50.1 Å². The van der Waals surface area contributed by atoms with Crippen molar-refractivity contribution >= 4 is 23.7 Å². The van der Waals surface area contributed by atoms with Crippen LogP contribution in [0.5, 0.6) is 0 Å². The van der Waals surface area contributed by atoms with Gasteiger partial charge in [0.15, 0.2) is 5.96 Å². The molecule has 2 saturated heterocycles. The van der Waals surface area contributed by atoms with E-state index in [1.165, 1.54) is 5.56 Å². The summed E-state index contributed by atoms with van der Waals surface area (Å²) in [5, 5.41) is 4.44. The van der Waals surface area contributed by atoms with Crippen LogP contribution in [0.15, 0.2) is 29.3 Å². The Kier molecular flexibility index (Phi) is 6.35. The first-order valence-electron chi connectivity index (χ1n) is 11.1. The van der Waals surface area contributed by atoms with Crippen LogP contribution in [0.2, 0.25) is 5.02 Å². The second-order valence-corrected chi connectivity index (χ2v) is 10.1. The van der Waals surface area contributed by atoms with Gasteiger partial charge in [0, 0.05) is 49.8 Å². The van der Waals surface area contributed by atoms with Crippen molar-refractivity contribution in [1.29, 1.82) is 0 Å². The molecule has 1 unspecified atom stereocenters. The highest BCUT2D eigenvalue weighted by Crippen LogP contribution is 2.38. The molecule has 1 atom stereocenters. The third-order valence-corrected chi connectivity index (χ3v) is 6.67. The lowest BCUT2D eigenvalue weighted by Crippen LogP contribution is -2.58. The van der Waals surface area contributed by atoms with Gasteiger partial charge in [-0.1, -0.05) is 29.8 Å². The molecule has 1 N–H and O–H groups in total. The molecule has 1 aromatic rings. The maximum Gasteiger partial charge on any atom is 0.410 e. The average Bonchev–Trinajstić information content (AvgIpc) is 3.14. The molecule has 1 aromatic carbocycles. The van der Waals surface area contributed by atoms with Gasteiger partial charge in [-0.15, -0.1) is 0 Å². The van der Waals surface area contributed by atoms with Crippen LogP contribution in [0.4, 0.5) is 4.79 Å². The van der Waals surface area contributed by atoms with Gasteiger partial charge in [0.25, 0.3) is 0 Å². The lowest BCUT2D eigenvalue weighted by molar-refractivity contribution is 0.0136. The Morgan fingerprint density at radius 3 is 2.74 bits per heavy atom. The molecule has 4 rings (SSSR count). The van der Waals surface area contributed by atoms with E-state index in [1.54, 1.807) is 4.90 Å². The maximum atomic E-state index is 12.5. The molecule has 3 aliphatic heterocycles. The van der Waals surface area contributed by atoms with Gasteiger partial charge >= 0.3 is 6.09 Å². The summed E-state index contributed by atoms with van der Waals surface area (Å²) in [6.45, 7) is 10.6. The molecule has 31 heavy (non-hydrogen) atoms. The Morgan fingerprint density at radius 1 is 1.29 bits per heavy atom. The lowest BCUT2D eigenvalue weighted by atomic mass is 9.74. The summed E-state index contributed by atoms with van der Waals surface area (Å²) in [7, 11) is 0. The summed E-state index contributed by atoms with van der Waals surface area (Å²) in [5.41, 5.74) is 0.622. The van der Waals surface area contributed by atoms with Crippen molar-refractivity contribution in [2.75, 3.05) is 45.9 Å².